The SMILES string of the molecule is CCN(C(=O)c1cnc(N2C[C@H](c3cc(C)c(F)cc3F)[C@@H](N)C2)nc1)C1CCN(c2nc([C@@H]3CCCO3)no2)CC1. The zero-order valence-electron chi connectivity index (χ0n) is 23.9. The minimum Gasteiger partial charge on any atom is -0.370 e. The van der Waals surface area contributed by atoms with Crippen LogP contribution >= 0.6 is 0 Å². The van der Waals surface area contributed by atoms with Crippen LogP contribution in [0.3, 0.4) is 0 Å². The molecule has 13 heteroatoms. The van der Waals surface area contributed by atoms with Crippen molar-refractivity contribution in [1.82, 2.24) is 25.0 Å². The van der Waals surface area contributed by atoms with Crippen LogP contribution in [0.4, 0.5) is 20.7 Å². The van der Waals surface area contributed by atoms with Crippen LogP contribution in [0.25, 0.3) is 0 Å². The molecule has 0 spiro atoms. The van der Waals surface area contributed by atoms with E-state index in [1.54, 1.807) is 6.92 Å². The highest BCUT2D eigenvalue weighted by Gasteiger charge is 2.35. The molecule has 1 amide bonds. The van der Waals surface area contributed by atoms with Gasteiger partial charge in [0.2, 0.25) is 11.8 Å². The fraction of sp³-hybridized carbons (Fsp3) is 0.552. The molecule has 224 valence electrons. The molecule has 2 aromatic heterocycles. The van der Waals surface area contributed by atoms with Crippen molar-refractivity contribution < 1.29 is 22.8 Å². The second-order valence-electron chi connectivity index (χ2n) is 11.3. The van der Waals surface area contributed by atoms with Crippen molar-refractivity contribution in [3.63, 3.8) is 0 Å². The van der Waals surface area contributed by atoms with E-state index in [4.69, 9.17) is 15.0 Å². The summed E-state index contributed by atoms with van der Waals surface area (Å²) >= 11 is 0. The summed E-state index contributed by atoms with van der Waals surface area (Å²) in [6.45, 7) is 7.05. The Morgan fingerprint density at radius 1 is 1.10 bits per heavy atom. The molecule has 0 unspecified atom stereocenters. The average molecular weight is 583 g/mol. The monoisotopic (exact) mass is 582 g/mol. The number of anilines is 2. The first-order valence-electron chi connectivity index (χ1n) is 14.6. The van der Waals surface area contributed by atoms with Crippen molar-refractivity contribution in [3.05, 3.63) is 58.7 Å². The third-order valence-corrected chi connectivity index (χ3v) is 8.64. The Kier molecular flexibility index (Phi) is 8.04. The molecule has 3 atom stereocenters. The minimum atomic E-state index is -0.603. The van der Waals surface area contributed by atoms with Gasteiger partial charge in [0, 0.05) is 75.8 Å². The van der Waals surface area contributed by atoms with Gasteiger partial charge in [-0.15, -0.1) is 0 Å². The highest BCUT2D eigenvalue weighted by molar-refractivity contribution is 5.94. The van der Waals surface area contributed by atoms with Crippen LogP contribution < -0.4 is 15.5 Å². The number of benzene rings is 1. The van der Waals surface area contributed by atoms with Crippen molar-refractivity contribution >= 4 is 17.9 Å². The summed E-state index contributed by atoms with van der Waals surface area (Å²) in [6.07, 6.45) is 6.42. The zero-order chi connectivity index (χ0) is 29.4. The molecule has 0 bridgehead atoms. The van der Waals surface area contributed by atoms with E-state index in [1.165, 1.54) is 18.5 Å². The van der Waals surface area contributed by atoms with Crippen LogP contribution in [0.5, 0.6) is 0 Å². The molecule has 3 saturated heterocycles. The molecule has 2 N–H and O–H groups in total. The second kappa shape index (κ2) is 11.9. The molecule has 3 aromatic rings. The maximum absolute atomic E-state index is 14.6. The van der Waals surface area contributed by atoms with Crippen LogP contribution in [0.2, 0.25) is 0 Å². The average Bonchev–Trinajstić information content (AvgIpc) is 3.77. The van der Waals surface area contributed by atoms with E-state index in [2.05, 4.69) is 25.0 Å². The summed E-state index contributed by atoms with van der Waals surface area (Å²) < 4.78 is 39.5. The van der Waals surface area contributed by atoms with Gasteiger partial charge in [-0.25, -0.2) is 18.7 Å². The Morgan fingerprint density at radius 3 is 2.55 bits per heavy atom. The molecule has 6 rings (SSSR count). The Morgan fingerprint density at radius 2 is 1.86 bits per heavy atom. The Labute approximate surface area is 243 Å². The van der Waals surface area contributed by atoms with Crippen LogP contribution in [-0.2, 0) is 4.74 Å². The van der Waals surface area contributed by atoms with Gasteiger partial charge in [0.25, 0.3) is 5.91 Å². The lowest BCUT2D eigenvalue weighted by molar-refractivity contribution is 0.0661. The van der Waals surface area contributed by atoms with Gasteiger partial charge in [-0.05, 0) is 56.7 Å². The maximum atomic E-state index is 14.6. The Balaban J connectivity index is 1.07. The highest BCUT2D eigenvalue weighted by atomic mass is 19.1. The van der Waals surface area contributed by atoms with Crippen molar-refractivity contribution in [2.75, 3.05) is 49.1 Å². The molecule has 0 saturated carbocycles. The topological polar surface area (TPSA) is 127 Å². The summed E-state index contributed by atoms with van der Waals surface area (Å²) in [5.74, 6) is -0.616. The van der Waals surface area contributed by atoms with Gasteiger partial charge < -0.3 is 29.7 Å². The molecule has 5 heterocycles. The van der Waals surface area contributed by atoms with Crippen molar-refractivity contribution in [2.24, 2.45) is 5.73 Å². The van der Waals surface area contributed by atoms with E-state index < -0.39 is 11.6 Å². The van der Waals surface area contributed by atoms with Gasteiger partial charge in [0.1, 0.15) is 17.7 Å². The summed E-state index contributed by atoms with van der Waals surface area (Å²) in [4.78, 5) is 32.7. The first-order valence-corrected chi connectivity index (χ1v) is 14.6. The van der Waals surface area contributed by atoms with Gasteiger partial charge in [0.05, 0.1) is 5.56 Å². The highest BCUT2D eigenvalue weighted by Crippen LogP contribution is 2.32. The summed E-state index contributed by atoms with van der Waals surface area (Å²) in [7, 11) is 0. The van der Waals surface area contributed by atoms with E-state index >= 15 is 0 Å². The largest absolute Gasteiger partial charge is 0.370 e. The van der Waals surface area contributed by atoms with E-state index in [9.17, 15) is 13.6 Å². The minimum absolute atomic E-state index is 0.0605. The van der Waals surface area contributed by atoms with E-state index in [1.807, 2.05) is 16.7 Å². The molecule has 42 heavy (non-hydrogen) atoms. The first-order chi connectivity index (χ1) is 20.3. The molecule has 11 nitrogen and oxygen atoms in total. The summed E-state index contributed by atoms with van der Waals surface area (Å²) in [6, 6.07) is 2.62. The smallest absolute Gasteiger partial charge is 0.324 e. The third kappa shape index (κ3) is 5.54. The maximum Gasteiger partial charge on any atom is 0.324 e. The van der Waals surface area contributed by atoms with Gasteiger partial charge in [-0.1, -0.05) is 5.16 Å². The number of aryl methyl sites for hydroxylation is 1. The lowest BCUT2D eigenvalue weighted by atomic mass is 9.93. The molecular formula is C29H36F2N8O3. The number of halogens is 2. The third-order valence-electron chi connectivity index (χ3n) is 8.64. The number of aromatic nitrogens is 4. The second-order valence-corrected chi connectivity index (χ2v) is 11.3. The zero-order valence-corrected chi connectivity index (χ0v) is 23.9. The van der Waals surface area contributed by atoms with Gasteiger partial charge in [0.15, 0.2) is 0 Å². The molecule has 0 radical (unpaired) electrons. The predicted molar refractivity (Wildman–Crippen MR) is 150 cm³/mol. The number of carbonyl (C=O) groups excluding carboxylic acids is 1. The quantitative estimate of drug-likeness (QED) is 0.443. The van der Waals surface area contributed by atoms with Crippen molar-refractivity contribution in [3.8, 4) is 0 Å². The van der Waals surface area contributed by atoms with Crippen LogP contribution in [-0.4, -0.2) is 82.3 Å². The normalized spacial score (nSPS) is 23.1. The Hall–Kier alpha value is -3.71. The number of ether oxygens (including phenoxy) is 1. The first kappa shape index (κ1) is 28.4. The summed E-state index contributed by atoms with van der Waals surface area (Å²) in [5, 5.41) is 4.11. The lowest BCUT2D eigenvalue weighted by Gasteiger charge is -2.37. The molecule has 3 fully saturated rings. The number of hydrogen-bond acceptors (Lipinski definition) is 10. The number of amides is 1. The van der Waals surface area contributed by atoms with Crippen LogP contribution in [0, 0.1) is 18.6 Å². The molecule has 1 aromatic carbocycles. The molecule has 3 aliphatic heterocycles. The van der Waals surface area contributed by atoms with Crippen molar-refractivity contribution in [2.45, 2.75) is 63.6 Å². The van der Waals surface area contributed by atoms with Gasteiger partial charge in [-0.2, -0.15) is 4.98 Å². The van der Waals surface area contributed by atoms with E-state index in [0.29, 0.717) is 67.2 Å². The van der Waals surface area contributed by atoms with Crippen molar-refractivity contribution in [1.29, 1.82) is 0 Å². The number of hydrogen-bond donors (Lipinski definition) is 1. The standard InChI is InChI=1S/C29H36F2N8O3/c1-3-39(19-6-8-37(9-7-19)29-35-26(36-42-29)25-5-4-10-41-25)27(40)18-13-33-28(34-14-18)38-15-21(24(32)16-38)20-11-17(2)22(30)12-23(20)31/h11-14,19,21,24-25H,3-10,15-16,32H2,1-2H3/t21-,24+,25+/m1/s1. The number of carbonyl (C=O) groups is 1. The van der Waals surface area contributed by atoms with Gasteiger partial charge >= 0.3 is 6.01 Å². The fourth-order valence-corrected chi connectivity index (χ4v) is 6.25. The lowest BCUT2D eigenvalue weighted by Crippen LogP contribution is -2.47. The molecule has 0 aliphatic carbocycles. The number of nitrogens with two attached hydrogens (primary N) is 1. The van der Waals surface area contributed by atoms with Crippen LogP contribution in [0.1, 0.15) is 71.9 Å². The summed E-state index contributed by atoms with van der Waals surface area (Å²) in [5.41, 5.74) is 7.52. The number of rotatable bonds is 7. The fourth-order valence-electron chi connectivity index (χ4n) is 6.25. The van der Waals surface area contributed by atoms with E-state index in [-0.39, 0.29) is 30.0 Å². The Bertz CT molecular complexity index is 1410. The molecule has 3 aliphatic rings. The number of piperidine rings is 1. The van der Waals surface area contributed by atoms with Gasteiger partial charge in [-0.3, -0.25) is 4.79 Å². The predicted octanol–water partition coefficient (Wildman–Crippen LogP) is 3.36. The van der Waals surface area contributed by atoms with Crippen LogP contribution in [0.15, 0.2) is 29.0 Å². The number of nitrogens with zero attached hydrogens (tertiary/aromatic N) is 7. The van der Waals surface area contributed by atoms with E-state index in [0.717, 1.165) is 38.4 Å². The molecular weight excluding hydrogens is 546 g/mol.